The van der Waals surface area contributed by atoms with Gasteiger partial charge in [-0.3, -0.25) is 19.3 Å². The number of fused-ring (bicyclic) bond motifs is 7. The summed E-state index contributed by atoms with van der Waals surface area (Å²) in [5.74, 6) is 0.614. The van der Waals surface area contributed by atoms with Crippen LogP contribution < -0.4 is 0 Å². The van der Waals surface area contributed by atoms with E-state index in [1.165, 1.54) is 12.0 Å². The Labute approximate surface area is 343 Å². The number of aliphatic carboxylic acids is 1. The van der Waals surface area contributed by atoms with Crippen molar-refractivity contribution in [3.05, 3.63) is 46.0 Å². The van der Waals surface area contributed by atoms with Gasteiger partial charge in [-0.15, -0.1) is 0 Å². The number of rotatable bonds is 13. The molecule has 2 unspecified atom stereocenters. The average Bonchev–Trinajstić information content (AvgIpc) is 3.40. The van der Waals surface area contributed by atoms with Crippen molar-refractivity contribution in [1.82, 2.24) is 9.80 Å². The number of carboxylic acid groups (broad SMARTS) is 1. The third-order valence-corrected chi connectivity index (χ3v) is 17.3. The van der Waals surface area contributed by atoms with Crippen LogP contribution in [0, 0.1) is 56.2 Å². The highest BCUT2D eigenvalue weighted by molar-refractivity contribution is 6.30. The summed E-state index contributed by atoms with van der Waals surface area (Å²) < 4.78 is 6.21. The van der Waals surface area contributed by atoms with Gasteiger partial charge in [0.05, 0.1) is 11.8 Å². The zero-order valence-corrected chi connectivity index (χ0v) is 37.4. The Morgan fingerprint density at radius 2 is 1.57 bits per heavy atom. The second-order valence-electron chi connectivity index (χ2n) is 21.6. The summed E-state index contributed by atoms with van der Waals surface area (Å²) in [6.07, 6.45) is 9.97. The molecule has 1 aromatic rings. The third kappa shape index (κ3) is 7.46. The molecular weight excluding hydrogens is 720 g/mol. The number of hydrogen-bond donors (Lipinski definition) is 1. The lowest BCUT2D eigenvalue weighted by atomic mass is 9.33. The van der Waals surface area contributed by atoms with Gasteiger partial charge in [-0.25, -0.2) is 0 Å². The van der Waals surface area contributed by atoms with Crippen molar-refractivity contribution in [2.24, 2.45) is 56.2 Å². The quantitative estimate of drug-likeness (QED) is 0.199. The third-order valence-electron chi connectivity index (χ3n) is 17.0. The molecule has 8 heteroatoms. The fourth-order valence-electron chi connectivity index (χ4n) is 13.7. The molecule has 0 spiro atoms. The van der Waals surface area contributed by atoms with E-state index in [4.69, 9.17) is 16.3 Å². The van der Waals surface area contributed by atoms with Crippen LogP contribution in [0.2, 0.25) is 5.02 Å². The molecule has 0 bridgehead atoms. The molecule has 5 aliphatic rings. The molecule has 1 N–H and O–H groups in total. The summed E-state index contributed by atoms with van der Waals surface area (Å²) in [4.78, 5) is 44.1. The minimum atomic E-state index is -1.15. The SMILES string of the molecule is CC(C)C1=C2[C@H]3CCC4[C@@]5(C)CC[C@H](OC(=O)CC(C)(C)C(=O)O)C(C)(C)C5CC[C@@]4(C)[C@]3(C)CC[C@@]2(CCN(CCN(C)C)Cc2ccc(Cl)cc2)CC1=O. The van der Waals surface area contributed by atoms with Crippen molar-refractivity contribution in [2.45, 2.75) is 146 Å². The number of carbonyl (C=O) groups excluding carboxylic acids is 2. The highest BCUT2D eigenvalue weighted by Crippen LogP contribution is 2.77. The Bertz CT molecular complexity index is 1700. The maximum atomic E-state index is 14.3. The van der Waals surface area contributed by atoms with Crippen molar-refractivity contribution >= 4 is 29.3 Å². The minimum absolute atomic E-state index is 0.0688. The number of likely N-dealkylation sites (N-methyl/N-ethyl adjacent to an activating group) is 1. The lowest BCUT2D eigenvalue weighted by molar-refractivity contribution is -0.233. The van der Waals surface area contributed by atoms with Gasteiger partial charge in [0.2, 0.25) is 0 Å². The number of ketones is 1. The molecule has 0 aliphatic heterocycles. The first-order valence-corrected chi connectivity index (χ1v) is 22.2. The predicted octanol–water partition coefficient (Wildman–Crippen LogP) is 10.5. The highest BCUT2D eigenvalue weighted by atomic mass is 35.5. The van der Waals surface area contributed by atoms with E-state index in [0.29, 0.717) is 30.0 Å². The summed E-state index contributed by atoms with van der Waals surface area (Å²) in [5.41, 5.74) is 2.89. The van der Waals surface area contributed by atoms with Gasteiger partial charge in [-0.1, -0.05) is 77.8 Å². The number of ether oxygens (including phenoxy) is 1. The van der Waals surface area contributed by atoms with Crippen molar-refractivity contribution < 1.29 is 24.2 Å². The second kappa shape index (κ2) is 15.4. The van der Waals surface area contributed by atoms with Gasteiger partial charge in [0, 0.05) is 41.9 Å². The highest BCUT2D eigenvalue weighted by Gasteiger charge is 2.70. The molecule has 7 nitrogen and oxygen atoms in total. The largest absolute Gasteiger partial charge is 0.481 e. The second-order valence-corrected chi connectivity index (χ2v) is 22.1. The van der Waals surface area contributed by atoms with Crippen LogP contribution >= 0.6 is 11.6 Å². The van der Waals surface area contributed by atoms with Gasteiger partial charge in [-0.2, -0.15) is 0 Å². The number of Topliss-reactive ketones (excluding diaryl/α,β-unsaturated/α-hetero) is 1. The van der Waals surface area contributed by atoms with Crippen molar-refractivity contribution in [3.63, 3.8) is 0 Å². The van der Waals surface area contributed by atoms with Crippen LogP contribution in [0.5, 0.6) is 0 Å². The molecular formula is C48H73ClN2O5. The maximum absolute atomic E-state index is 14.3. The lowest BCUT2D eigenvalue weighted by Gasteiger charge is -2.72. The predicted molar refractivity (Wildman–Crippen MR) is 225 cm³/mol. The first-order chi connectivity index (χ1) is 26.0. The van der Waals surface area contributed by atoms with Gasteiger partial charge < -0.3 is 14.7 Å². The summed E-state index contributed by atoms with van der Waals surface area (Å²) in [6, 6.07) is 8.28. The summed E-state index contributed by atoms with van der Waals surface area (Å²) in [5, 5.41) is 10.4. The standard InChI is InChI=1S/C48H73ClN2O5/c1-31(2)40-35(52)28-48(24-25-51(27-26-50(10)11)30-32-12-14-33(49)15-13-32)23-22-46(8)34(41(40)48)16-17-37-45(7)20-19-38(56-39(53)29-43(3,4)42(54)55)44(5,6)36(45)18-21-47(37,46)9/h12-15,31,34,36-38H,16-30H2,1-11H3,(H,54,55)/t34-,36?,37?,38+,45+,46-,47-,48-/m1/s1. The van der Waals surface area contributed by atoms with E-state index in [1.54, 1.807) is 19.4 Å². The Morgan fingerprint density at radius 3 is 2.20 bits per heavy atom. The molecule has 312 valence electrons. The number of nitrogens with zero attached hydrogens (tertiary/aromatic N) is 2. The van der Waals surface area contributed by atoms with Gasteiger partial charge in [0.15, 0.2) is 5.78 Å². The van der Waals surface area contributed by atoms with E-state index >= 15 is 0 Å². The average molecular weight is 794 g/mol. The Balaban J connectivity index is 1.26. The number of benzene rings is 1. The molecule has 0 heterocycles. The van der Waals surface area contributed by atoms with E-state index < -0.39 is 17.4 Å². The number of hydrogen-bond acceptors (Lipinski definition) is 6. The molecule has 5 aliphatic carbocycles. The van der Waals surface area contributed by atoms with Crippen LogP contribution in [-0.2, 0) is 25.7 Å². The molecule has 1 aromatic carbocycles. The molecule has 8 atom stereocenters. The monoisotopic (exact) mass is 793 g/mol. The summed E-state index contributed by atoms with van der Waals surface area (Å²) in [6.45, 7) is 23.9. The molecule has 4 saturated carbocycles. The number of carbonyl (C=O) groups is 3. The fourth-order valence-corrected chi connectivity index (χ4v) is 13.8. The molecule has 4 fully saturated rings. The number of carboxylic acids is 1. The Hall–Kier alpha value is -2.22. The van der Waals surface area contributed by atoms with Crippen molar-refractivity contribution in [2.75, 3.05) is 33.7 Å². The Morgan fingerprint density at radius 1 is 0.893 bits per heavy atom. The van der Waals surface area contributed by atoms with E-state index in [1.807, 2.05) is 12.1 Å². The zero-order chi connectivity index (χ0) is 41.2. The number of allylic oxidation sites excluding steroid dienone is 2. The van der Waals surface area contributed by atoms with Gasteiger partial charge in [0.1, 0.15) is 6.10 Å². The smallest absolute Gasteiger partial charge is 0.309 e. The fraction of sp³-hybridized carbons (Fsp3) is 0.771. The maximum Gasteiger partial charge on any atom is 0.309 e. The van der Waals surface area contributed by atoms with Gasteiger partial charge >= 0.3 is 11.9 Å². The van der Waals surface area contributed by atoms with Crippen molar-refractivity contribution in [3.8, 4) is 0 Å². The van der Waals surface area contributed by atoms with E-state index in [0.717, 1.165) is 88.1 Å². The molecule has 6 rings (SSSR count). The number of esters is 1. The topological polar surface area (TPSA) is 87.2 Å². The van der Waals surface area contributed by atoms with Crippen LogP contribution in [0.1, 0.15) is 139 Å². The van der Waals surface area contributed by atoms with Crippen LogP contribution in [0.25, 0.3) is 0 Å². The van der Waals surface area contributed by atoms with E-state index in [2.05, 4.69) is 84.5 Å². The first kappa shape index (κ1) is 43.4. The van der Waals surface area contributed by atoms with Crippen LogP contribution in [0.15, 0.2) is 35.4 Å². The molecule has 0 amide bonds. The van der Waals surface area contributed by atoms with Crippen LogP contribution in [0.4, 0.5) is 0 Å². The van der Waals surface area contributed by atoms with E-state index in [9.17, 15) is 19.5 Å². The normalized spacial score (nSPS) is 35.3. The minimum Gasteiger partial charge on any atom is -0.481 e. The van der Waals surface area contributed by atoms with E-state index in [-0.39, 0.29) is 45.5 Å². The summed E-state index contributed by atoms with van der Waals surface area (Å²) in [7, 11) is 4.29. The van der Waals surface area contributed by atoms with Crippen molar-refractivity contribution in [1.29, 1.82) is 0 Å². The molecule has 0 aromatic heterocycles. The molecule has 56 heavy (non-hydrogen) atoms. The molecule has 0 radical (unpaired) electrons. The van der Waals surface area contributed by atoms with Gasteiger partial charge in [0.25, 0.3) is 0 Å². The summed E-state index contributed by atoms with van der Waals surface area (Å²) >= 11 is 6.26. The van der Waals surface area contributed by atoms with Crippen LogP contribution in [-0.4, -0.2) is 72.5 Å². The molecule has 0 saturated heterocycles. The van der Waals surface area contributed by atoms with Crippen LogP contribution in [0.3, 0.4) is 0 Å². The zero-order valence-electron chi connectivity index (χ0n) is 36.7. The van der Waals surface area contributed by atoms with Gasteiger partial charge in [-0.05, 0) is 155 Å². The lowest BCUT2D eigenvalue weighted by Crippen LogP contribution is -2.65. The first-order valence-electron chi connectivity index (χ1n) is 21.8. The Kier molecular flexibility index (Phi) is 11.9. The number of halogens is 1.